The van der Waals surface area contributed by atoms with Gasteiger partial charge in [-0.2, -0.15) is 0 Å². The molecule has 2 aliphatic rings. The van der Waals surface area contributed by atoms with Gasteiger partial charge in [-0.05, 0) is 36.4 Å². The summed E-state index contributed by atoms with van der Waals surface area (Å²) in [5.41, 5.74) is 6.14. The Morgan fingerprint density at radius 1 is 0.558 bits per heavy atom. The summed E-state index contributed by atoms with van der Waals surface area (Å²) in [5.74, 6) is 1.20. The zero-order chi connectivity index (χ0) is 35.9. The molecule has 0 aliphatic carbocycles. The number of nitrogens with one attached hydrogen (secondary N) is 4. The SMILES string of the molecule is O=C(NCCN1CCN(CCO)CC1)c1ccc2nc(-c3ccc(-c4nc5ccc(C(=O)NCCN6CCN(CCO)CC6)cc5[nH]4)cc3)[nH]c2c1. The van der Waals surface area contributed by atoms with E-state index in [1.165, 1.54) is 0 Å². The first-order chi connectivity index (χ1) is 25.4. The molecule has 0 bridgehead atoms. The zero-order valence-electron chi connectivity index (χ0n) is 29.5. The lowest BCUT2D eigenvalue weighted by Crippen LogP contribution is -2.49. The van der Waals surface area contributed by atoms with Gasteiger partial charge in [0.1, 0.15) is 11.6 Å². The number of H-pyrrole nitrogens is 2. The topological polar surface area (TPSA) is 169 Å². The third kappa shape index (κ3) is 8.66. The van der Waals surface area contributed by atoms with Crippen molar-refractivity contribution in [2.24, 2.45) is 0 Å². The number of aliphatic hydroxyl groups excluding tert-OH is 2. The summed E-state index contributed by atoms with van der Waals surface area (Å²) >= 11 is 0. The van der Waals surface area contributed by atoms with Gasteiger partial charge in [0.25, 0.3) is 11.8 Å². The molecule has 0 spiro atoms. The van der Waals surface area contributed by atoms with Crippen LogP contribution in [0.25, 0.3) is 44.8 Å². The van der Waals surface area contributed by atoms with Crippen LogP contribution >= 0.6 is 0 Å². The minimum atomic E-state index is -0.111. The highest BCUT2D eigenvalue weighted by atomic mass is 16.3. The van der Waals surface area contributed by atoms with Gasteiger partial charge in [-0.1, -0.05) is 24.3 Å². The molecule has 0 unspecified atom stereocenters. The molecule has 14 nitrogen and oxygen atoms in total. The molecule has 0 radical (unpaired) electrons. The van der Waals surface area contributed by atoms with Gasteiger partial charge >= 0.3 is 0 Å². The van der Waals surface area contributed by atoms with E-state index < -0.39 is 0 Å². The van der Waals surface area contributed by atoms with E-state index in [2.05, 4.69) is 40.2 Å². The number of aromatic amines is 2. The van der Waals surface area contributed by atoms with E-state index >= 15 is 0 Å². The zero-order valence-corrected chi connectivity index (χ0v) is 29.5. The molecule has 3 aromatic carbocycles. The molecule has 6 N–H and O–H groups in total. The summed E-state index contributed by atoms with van der Waals surface area (Å²) in [6.45, 7) is 12.0. The van der Waals surface area contributed by atoms with Gasteiger partial charge in [-0.25, -0.2) is 9.97 Å². The fourth-order valence-corrected chi connectivity index (χ4v) is 6.98. The minimum absolute atomic E-state index is 0.111. The molecular formula is C38H48N10O4. The number of amides is 2. The monoisotopic (exact) mass is 708 g/mol. The van der Waals surface area contributed by atoms with Gasteiger partial charge in [0.05, 0.1) is 35.3 Å². The molecule has 14 heteroatoms. The van der Waals surface area contributed by atoms with Gasteiger partial charge in [-0.3, -0.25) is 29.2 Å². The minimum Gasteiger partial charge on any atom is -0.395 e. The Morgan fingerprint density at radius 3 is 1.29 bits per heavy atom. The maximum Gasteiger partial charge on any atom is 0.251 e. The third-order valence-electron chi connectivity index (χ3n) is 10.1. The van der Waals surface area contributed by atoms with Crippen LogP contribution in [0.1, 0.15) is 20.7 Å². The van der Waals surface area contributed by atoms with Crippen molar-refractivity contribution in [3.8, 4) is 22.8 Å². The van der Waals surface area contributed by atoms with Crippen molar-refractivity contribution < 1.29 is 19.8 Å². The number of benzene rings is 3. The molecule has 2 aliphatic heterocycles. The highest BCUT2D eigenvalue weighted by Gasteiger charge is 2.18. The molecule has 2 aromatic heterocycles. The van der Waals surface area contributed by atoms with Crippen molar-refractivity contribution in [3.05, 3.63) is 71.8 Å². The number of imidazole rings is 2. The maximum absolute atomic E-state index is 12.9. The van der Waals surface area contributed by atoms with E-state index in [0.29, 0.717) is 35.9 Å². The number of piperazine rings is 2. The maximum atomic E-state index is 12.9. The molecule has 0 atom stereocenters. The average molecular weight is 709 g/mol. The van der Waals surface area contributed by atoms with Crippen LogP contribution in [-0.4, -0.2) is 166 Å². The highest BCUT2D eigenvalue weighted by Crippen LogP contribution is 2.26. The lowest BCUT2D eigenvalue weighted by Gasteiger charge is -2.34. The Hall–Kier alpha value is -4.70. The van der Waals surface area contributed by atoms with Crippen LogP contribution in [0.3, 0.4) is 0 Å². The first-order valence-corrected chi connectivity index (χ1v) is 18.2. The molecule has 2 amide bonds. The number of aliphatic hydroxyl groups is 2. The standard InChI is InChI=1S/C38H48N10O4/c49-23-21-47-17-13-45(14-18-47)11-9-39-37(51)29-5-7-31-33(25-29)43-35(41-31)27-1-2-28(4-3-27)36-42-32-8-6-30(26-34(32)44-36)38(52)40-10-12-46-15-19-48(20-16-46)22-24-50/h1-8,25-26,49-50H,9-24H2,(H,39,51)(H,40,52)(H,41,43)(H,42,44). The number of fused-ring (bicyclic) bond motifs is 2. The molecular weight excluding hydrogens is 660 g/mol. The van der Waals surface area contributed by atoms with Crippen LogP contribution in [0.15, 0.2) is 60.7 Å². The van der Waals surface area contributed by atoms with Gasteiger partial charge in [0.2, 0.25) is 0 Å². The Bertz CT molecular complexity index is 1820. The fraction of sp³-hybridized carbons (Fsp3) is 0.421. The molecule has 274 valence electrons. The second kappa shape index (κ2) is 16.8. The second-order valence-electron chi connectivity index (χ2n) is 13.5. The largest absolute Gasteiger partial charge is 0.395 e. The number of β-amino-alcohol motifs (C(OH)–C–C–N with tert-alkyl or cyclic N) is 2. The molecule has 2 fully saturated rings. The van der Waals surface area contributed by atoms with E-state index in [9.17, 15) is 9.59 Å². The third-order valence-corrected chi connectivity index (χ3v) is 10.1. The molecule has 7 rings (SSSR count). The predicted octanol–water partition coefficient (Wildman–Crippen LogP) is 1.45. The summed E-state index contributed by atoms with van der Waals surface area (Å²) in [6, 6.07) is 19.0. The number of rotatable bonds is 14. The van der Waals surface area contributed by atoms with Crippen molar-refractivity contribution in [3.63, 3.8) is 0 Å². The Labute approximate surface area is 302 Å². The lowest BCUT2D eigenvalue weighted by molar-refractivity contribution is 0.0919. The normalized spacial score (nSPS) is 16.5. The van der Waals surface area contributed by atoms with E-state index in [1.54, 1.807) is 12.1 Å². The van der Waals surface area contributed by atoms with E-state index in [4.69, 9.17) is 20.2 Å². The lowest BCUT2D eigenvalue weighted by atomic mass is 10.1. The number of carbonyl (C=O) groups excluding carboxylic acids is 2. The first kappa shape index (κ1) is 35.7. The summed E-state index contributed by atoms with van der Waals surface area (Å²) in [6.07, 6.45) is 0. The van der Waals surface area contributed by atoms with Gasteiger partial charge in [0, 0.05) is 114 Å². The fourth-order valence-electron chi connectivity index (χ4n) is 6.98. The summed E-state index contributed by atoms with van der Waals surface area (Å²) in [5, 5.41) is 24.4. The number of aromatic nitrogens is 4. The number of nitrogens with zero attached hydrogens (tertiary/aromatic N) is 6. The highest BCUT2D eigenvalue weighted by molar-refractivity contribution is 5.98. The van der Waals surface area contributed by atoms with Crippen molar-refractivity contribution in [1.82, 2.24) is 50.2 Å². The number of carbonyl (C=O) groups is 2. The molecule has 52 heavy (non-hydrogen) atoms. The average Bonchev–Trinajstić information content (AvgIpc) is 3.81. The van der Waals surface area contributed by atoms with Crippen molar-refractivity contribution >= 4 is 33.9 Å². The van der Waals surface area contributed by atoms with Crippen LogP contribution in [0.2, 0.25) is 0 Å². The first-order valence-electron chi connectivity index (χ1n) is 18.2. The van der Waals surface area contributed by atoms with Crippen LogP contribution in [0.4, 0.5) is 0 Å². The van der Waals surface area contributed by atoms with Crippen LogP contribution in [0.5, 0.6) is 0 Å². The van der Waals surface area contributed by atoms with E-state index in [-0.39, 0.29) is 25.0 Å². The van der Waals surface area contributed by atoms with Crippen molar-refractivity contribution in [2.45, 2.75) is 0 Å². The van der Waals surface area contributed by atoms with Crippen LogP contribution in [-0.2, 0) is 0 Å². The molecule has 2 saturated heterocycles. The molecule has 5 aromatic rings. The van der Waals surface area contributed by atoms with Crippen LogP contribution in [0, 0.1) is 0 Å². The van der Waals surface area contributed by atoms with Gasteiger partial charge < -0.3 is 30.8 Å². The molecule has 0 saturated carbocycles. The summed E-state index contributed by atoms with van der Waals surface area (Å²) in [4.78, 5) is 51.3. The summed E-state index contributed by atoms with van der Waals surface area (Å²) in [7, 11) is 0. The van der Waals surface area contributed by atoms with Crippen LogP contribution < -0.4 is 10.6 Å². The van der Waals surface area contributed by atoms with E-state index in [0.717, 1.165) is 112 Å². The second-order valence-corrected chi connectivity index (χ2v) is 13.5. The van der Waals surface area contributed by atoms with Crippen molar-refractivity contribution in [2.75, 3.05) is 105 Å². The Balaban J connectivity index is 0.919. The smallest absolute Gasteiger partial charge is 0.251 e. The van der Waals surface area contributed by atoms with Gasteiger partial charge in [-0.15, -0.1) is 0 Å². The number of hydrogen-bond acceptors (Lipinski definition) is 10. The van der Waals surface area contributed by atoms with E-state index in [1.807, 2.05) is 48.5 Å². The quantitative estimate of drug-likeness (QED) is 0.0994. The molecule has 4 heterocycles. The number of hydrogen-bond donors (Lipinski definition) is 6. The summed E-state index contributed by atoms with van der Waals surface area (Å²) < 4.78 is 0. The Kier molecular flexibility index (Phi) is 11.5. The van der Waals surface area contributed by atoms with Gasteiger partial charge in [0.15, 0.2) is 0 Å². The van der Waals surface area contributed by atoms with Crippen molar-refractivity contribution in [1.29, 1.82) is 0 Å². The Morgan fingerprint density at radius 2 is 0.923 bits per heavy atom. The predicted molar refractivity (Wildman–Crippen MR) is 201 cm³/mol.